The minimum absolute atomic E-state index is 0.119. The van der Waals surface area contributed by atoms with Crippen molar-refractivity contribution in [3.05, 3.63) is 0 Å². The Morgan fingerprint density at radius 2 is 2.35 bits per heavy atom. The Hall–Kier alpha value is -1.63. The molecule has 17 heavy (non-hydrogen) atoms. The molecule has 0 aromatic carbocycles. The molecule has 0 aromatic heterocycles. The van der Waals surface area contributed by atoms with Crippen molar-refractivity contribution >= 4 is 17.8 Å². The highest BCUT2D eigenvalue weighted by atomic mass is 16.5. The molecule has 1 fully saturated rings. The second-order valence-electron chi connectivity index (χ2n) is 3.86. The summed E-state index contributed by atoms with van der Waals surface area (Å²) in [6.07, 6.45) is 0.0873. The summed E-state index contributed by atoms with van der Waals surface area (Å²) in [4.78, 5) is 32.9. The lowest BCUT2D eigenvalue weighted by molar-refractivity contribution is -0.140. The quantitative estimate of drug-likeness (QED) is 0.548. The molecular formula is C10H16N2O5. The third-order valence-electron chi connectivity index (χ3n) is 2.55. The number of carbonyl (C=O) groups excluding carboxylic acids is 2. The molecule has 1 heterocycles. The Balaban J connectivity index is 2.31. The lowest BCUT2D eigenvalue weighted by Gasteiger charge is -2.16. The number of nitrogens with one attached hydrogen (secondary N) is 2. The third-order valence-corrected chi connectivity index (χ3v) is 2.55. The molecule has 0 spiro atoms. The van der Waals surface area contributed by atoms with Gasteiger partial charge < -0.3 is 20.5 Å². The van der Waals surface area contributed by atoms with Crippen LogP contribution >= 0.6 is 0 Å². The molecule has 0 aliphatic carbocycles. The van der Waals surface area contributed by atoms with Gasteiger partial charge in [0.05, 0.1) is 12.5 Å². The van der Waals surface area contributed by atoms with Gasteiger partial charge in [-0.3, -0.25) is 14.4 Å². The van der Waals surface area contributed by atoms with Gasteiger partial charge in [-0.25, -0.2) is 0 Å². The number of aliphatic carboxylic acids is 1. The summed E-state index contributed by atoms with van der Waals surface area (Å²) in [5.74, 6) is -1.43. The topological polar surface area (TPSA) is 105 Å². The summed E-state index contributed by atoms with van der Waals surface area (Å²) in [6.45, 7) is 0.119. The Bertz CT molecular complexity index is 318. The Morgan fingerprint density at radius 1 is 1.65 bits per heavy atom. The lowest BCUT2D eigenvalue weighted by atomic mass is 10.2. The zero-order valence-electron chi connectivity index (χ0n) is 9.56. The fourth-order valence-corrected chi connectivity index (χ4v) is 1.58. The molecule has 1 aliphatic rings. The summed E-state index contributed by atoms with van der Waals surface area (Å²) < 4.78 is 4.91. The monoisotopic (exact) mass is 244 g/mol. The van der Waals surface area contributed by atoms with Crippen molar-refractivity contribution in [3.63, 3.8) is 0 Å². The molecule has 1 rings (SSSR count). The van der Waals surface area contributed by atoms with E-state index in [2.05, 4.69) is 10.6 Å². The normalized spacial score (nSPS) is 20.8. The summed E-state index contributed by atoms with van der Waals surface area (Å²) in [7, 11) is 1.39. The number of carboxylic acids is 1. The van der Waals surface area contributed by atoms with Gasteiger partial charge in [-0.1, -0.05) is 0 Å². The first-order valence-corrected chi connectivity index (χ1v) is 5.34. The van der Waals surface area contributed by atoms with Crippen LogP contribution in [0.5, 0.6) is 0 Å². The molecule has 96 valence electrons. The number of hydrogen-bond donors (Lipinski definition) is 3. The molecule has 0 saturated carbocycles. The second kappa shape index (κ2) is 6.19. The van der Waals surface area contributed by atoms with Crippen LogP contribution in [0, 0.1) is 0 Å². The maximum Gasteiger partial charge on any atom is 0.306 e. The van der Waals surface area contributed by atoms with Gasteiger partial charge in [-0.05, 0) is 6.42 Å². The number of rotatable bonds is 6. The van der Waals surface area contributed by atoms with E-state index >= 15 is 0 Å². The first-order valence-electron chi connectivity index (χ1n) is 5.34. The molecule has 7 nitrogen and oxygen atoms in total. The van der Waals surface area contributed by atoms with Crippen molar-refractivity contribution in [2.24, 2.45) is 0 Å². The highest BCUT2D eigenvalue weighted by molar-refractivity contribution is 5.90. The van der Waals surface area contributed by atoms with Gasteiger partial charge in [0, 0.05) is 20.1 Å². The fourth-order valence-electron chi connectivity index (χ4n) is 1.58. The fraction of sp³-hybridized carbons (Fsp3) is 0.700. The van der Waals surface area contributed by atoms with Gasteiger partial charge in [0.25, 0.3) is 0 Å². The summed E-state index contributed by atoms with van der Waals surface area (Å²) in [6, 6.07) is -0.509. The van der Waals surface area contributed by atoms with Gasteiger partial charge >= 0.3 is 5.97 Å². The maximum atomic E-state index is 11.6. The van der Waals surface area contributed by atoms with Crippen LogP contribution in [0.2, 0.25) is 0 Å². The van der Waals surface area contributed by atoms with Crippen molar-refractivity contribution in [2.75, 3.05) is 13.7 Å². The Kier molecular flexibility index (Phi) is 4.89. The predicted molar refractivity (Wildman–Crippen MR) is 57.2 cm³/mol. The van der Waals surface area contributed by atoms with Gasteiger partial charge in [-0.15, -0.1) is 0 Å². The Morgan fingerprint density at radius 3 is 2.82 bits per heavy atom. The van der Waals surface area contributed by atoms with Gasteiger partial charge in [0.15, 0.2) is 0 Å². The minimum atomic E-state index is -0.986. The minimum Gasteiger partial charge on any atom is -0.481 e. The second-order valence-corrected chi connectivity index (χ2v) is 3.86. The first-order chi connectivity index (χ1) is 8.02. The SMILES string of the molecule is COC(CNC(=O)C1CCC(=O)N1)CC(=O)O. The molecule has 1 aliphatic heterocycles. The van der Waals surface area contributed by atoms with E-state index in [4.69, 9.17) is 9.84 Å². The van der Waals surface area contributed by atoms with Crippen LogP contribution in [-0.4, -0.2) is 48.7 Å². The third kappa shape index (κ3) is 4.39. The molecule has 1 saturated heterocycles. The first kappa shape index (κ1) is 13.4. The van der Waals surface area contributed by atoms with E-state index in [0.717, 1.165) is 0 Å². The molecule has 0 bridgehead atoms. The predicted octanol–water partition coefficient (Wildman–Crippen LogP) is -1.13. The molecule has 0 radical (unpaired) electrons. The summed E-state index contributed by atoms with van der Waals surface area (Å²) >= 11 is 0. The smallest absolute Gasteiger partial charge is 0.306 e. The van der Waals surface area contributed by atoms with Crippen molar-refractivity contribution in [3.8, 4) is 0 Å². The molecule has 0 aromatic rings. The van der Waals surface area contributed by atoms with Crippen molar-refractivity contribution in [1.29, 1.82) is 0 Å². The highest BCUT2D eigenvalue weighted by Gasteiger charge is 2.27. The van der Waals surface area contributed by atoms with Gasteiger partial charge in [0.1, 0.15) is 6.04 Å². The lowest BCUT2D eigenvalue weighted by Crippen LogP contribution is -2.44. The van der Waals surface area contributed by atoms with E-state index in [9.17, 15) is 14.4 Å². The van der Waals surface area contributed by atoms with Crippen LogP contribution in [0.3, 0.4) is 0 Å². The molecule has 3 N–H and O–H groups in total. The van der Waals surface area contributed by atoms with Crippen LogP contribution in [0.1, 0.15) is 19.3 Å². The molecular weight excluding hydrogens is 228 g/mol. The van der Waals surface area contributed by atoms with Gasteiger partial charge in [-0.2, -0.15) is 0 Å². The highest BCUT2D eigenvalue weighted by Crippen LogP contribution is 2.06. The number of methoxy groups -OCH3 is 1. The van der Waals surface area contributed by atoms with Gasteiger partial charge in [0.2, 0.25) is 11.8 Å². The number of hydrogen-bond acceptors (Lipinski definition) is 4. The van der Waals surface area contributed by atoms with E-state index < -0.39 is 18.1 Å². The van der Waals surface area contributed by atoms with Crippen LogP contribution < -0.4 is 10.6 Å². The van der Waals surface area contributed by atoms with Crippen LogP contribution in [-0.2, 0) is 19.1 Å². The van der Waals surface area contributed by atoms with Crippen LogP contribution in [0.25, 0.3) is 0 Å². The Labute approximate surface area is 98.5 Å². The van der Waals surface area contributed by atoms with Crippen molar-refractivity contribution in [1.82, 2.24) is 10.6 Å². The number of carbonyl (C=O) groups is 3. The standard InChI is InChI=1S/C10H16N2O5/c1-17-6(4-9(14)15)5-11-10(16)7-2-3-8(13)12-7/h6-7H,2-5H2,1H3,(H,11,16)(H,12,13)(H,14,15). The number of carboxylic acid groups (broad SMARTS) is 1. The van der Waals surface area contributed by atoms with E-state index in [1.54, 1.807) is 0 Å². The maximum absolute atomic E-state index is 11.6. The molecule has 2 amide bonds. The molecule has 2 atom stereocenters. The van der Waals surface area contributed by atoms with Crippen LogP contribution in [0.15, 0.2) is 0 Å². The van der Waals surface area contributed by atoms with E-state index in [1.807, 2.05) is 0 Å². The van der Waals surface area contributed by atoms with E-state index in [1.165, 1.54) is 7.11 Å². The summed E-state index contributed by atoms with van der Waals surface area (Å²) in [5, 5.41) is 13.7. The average Bonchev–Trinajstić information content (AvgIpc) is 2.70. The summed E-state index contributed by atoms with van der Waals surface area (Å²) in [5.41, 5.74) is 0. The number of amides is 2. The molecule has 2 unspecified atom stereocenters. The molecule has 7 heteroatoms. The van der Waals surface area contributed by atoms with E-state index in [0.29, 0.717) is 12.8 Å². The zero-order valence-corrected chi connectivity index (χ0v) is 9.56. The van der Waals surface area contributed by atoms with Crippen molar-refractivity contribution < 1.29 is 24.2 Å². The number of ether oxygens (including phenoxy) is 1. The van der Waals surface area contributed by atoms with Crippen molar-refractivity contribution in [2.45, 2.75) is 31.4 Å². The van der Waals surface area contributed by atoms with E-state index in [-0.39, 0.29) is 24.8 Å². The van der Waals surface area contributed by atoms with Crippen LogP contribution in [0.4, 0.5) is 0 Å². The zero-order chi connectivity index (χ0) is 12.8. The average molecular weight is 244 g/mol. The largest absolute Gasteiger partial charge is 0.481 e.